The first-order valence-corrected chi connectivity index (χ1v) is 10.5. The Labute approximate surface area is 174 Å². The van der Waals surface area contributed by atoms with Crippen LogP contribution in [0.25, 0.3) is 10.2 Å². The summed E-state index contributed by atoms with van der Waals surface area (Å²) < 4.78 is 17.9. The number of hydrogen-bond acceptors (Lipinski definition) is 6. The highest BCUT2D eigenvalue weighted by atomic mass is 32.1. The zero-order valence-electron chi connectivity index (χ0n) is 16.6. The third kappa shape index (κ3) is 4.52. The van der Waals surface area contributed by atoms with Gasteiger partial charge in [-0.25, -0.2) is 4.98 Å². The van der Waals surface area contributed by atoms with Gasteiger partial charge in [0.1, 0.15) is 17.0 Å². The quantitative estimate of drug-likeness (QED) is 0.582. The van der Waals surface area contributed by atoms with E-state index in [4.69, 9.17) is 19.2 Å². The molecule has 1 aliphatic rings. The smallest absolute Gasteiger partial charge is 0.266 e. The maximum Gasteiger partial charge on any atom is 0.266 e. The number of benzene rings is 2. The van der Waals surface area contributed by atoms with Crippen LogP contribution in [0.2, 0.25) is 0 Å². The molecule has 1 fully saturated rings. The molecule has 0 aliphatic carbocycles. The van der Waals surface area contributed by atoms with Crippen molar-refractivity contribution in [2.75, 3.05) is 31.8 Å². The third-order valence-electron chi connectivity index (χ3n) is 4.88. The summed E-state index contributed by atoms with van der Waals surface area (Å²) in [6.07, 6.45) is 1.98. The first-order valence-electron chi connectivity index (χ1n) is 9.69. The molecule has 1 amide bonds. The number of aromatic nitrogens is 1. The van der Waals surface area contributed by atoms with Crippen molar-refractivity contribution in [2.45, 2.75) is 25.9 Å². The lowest BCUT2D eigenvalue weighted by Gasteiger charge is -2.23. The summed E-state index contributed by atoms with van der Waals surface area (Å²) in [6.45, 7) is 3.15. The summed E-state index contributed by atoms with van der Waals surface area (Å²) in [7, 11) is 1.62. The second-order valence-corrected chi connectivity index (χ2v) is 8.06. The Hall–Kier alpha value is -2.64. The number of methoxy groups -OCH3 is 1. The van der Waals surface area contributed by atoms with Gasteiger partial charge in [0.05, 0.1) is 24.5 Å². The molecule has 7 heteroatoms. The highest BCUT2D eigenvalue weighted by molar-refractivity contribution is 7.22. The Morgan fingerprint density at radius 3 is 2.93 bits per heavy atom. The molecule has 1 saturated heterocycles. The minimum Gasteiger partial charge on any atom is -0.494 e. The molecule has 152 valence electrons. The van der Waals surface area contributed by atoms with Gasteiger partial charge in [-0.15, -0.1) is 0 Å². The number of anilines is 1. The largest absolute Gasteiger partial charge is 0.494 e. The number of carbonyl (C=O) groups excluding carboxylic acids is 1. The van der Waals surface area contributed by atoms with Crippen LogP contribution in [0.15, 0.2) is 42.5 Å². The molecule has 0 spiro atoms. The maximum atomic E-state index is 13.1. The van der Waals surface area contributed by atoms with Crippen LogP contribution in [-0.4, -0.2) is 43.9 Å². The Kier molecular flexibility index (Phi) is 5.97. The first-order chi connectivity index (χ1) is 14.1. The molecule has 4 rings (SSSR count). The third-order valence-corrected chi connectivity index (χ3v) is 5.93. The predicted molar refractivity (Wildman–Crippen MR) is 114 cm³/mol. The van der Waals surface area contributed by atoms with E-state index in [2.05, 4.69) is 0 Å². The van der Waals surface area contributed by atoms with Crippen molar-refractivity contribution >= 4 is 32.6 Å². The molecule has 0 bridgehead atoms. The highest BCUT2D eigenvalue weighted by Crippen LogP contribution is 2.34. The van der Waals surface area contributed by atoms with E-state index in [1.165, 1.54) is 11.3 Å². The van der Waals surface area contributed by atoms with E-state index in [0.717, 1.165) is 35.2 Å². The summed E-state index contributed by atoms with van der Waals surface area (Å²) in [4.78, 5) is 19.5. The minimum absolute atomic E-state index is 0.0202. The van der Waals surface area contributed by atoms with E-state index in [0.29, 0.717) is 23.2 Å². The number of para-hydroxylation sites is 1. The zero-order valence-corrected chi connectivity index (χ0v) is 17.4. The monoisotopic (exact) mass is 412 g/mol. The van der Waals surface area contributed by atoms with Crippen LogP contribution in [0.4, 0.5) is 5.13 Å². The fraction of sp³-hybridized carbons (Fsp3) is 0.364. The Morgan fingerprint density at radius 1 is 1.31 bits per heavy atom. The van der Waals surface area contributed by atoms with Gasteiger partial charge in [-0.1, -0.05) is 29.5 Å². The van der Waals surface area contributed by atoms with Crippen LogP contribution < -0.4 is 14.4 Å². The fourth-order valence-corrected chi connectivity index (χ4v) is 4.41. The maximum absolute atomic E-state index is 13.1. The van der Waals surface area contributed by atoms with Crippen LogP contribution in [-0.2, 0) is 9.53 Å². The number of thiazole rings is 1. The molecule has 29 heavy (non-hydrogen) atoms. The number of carbonyl (C=O) groups is 1. The summed E-state index contributed by atoms with van der Waals surface area (Å²) in [5.74, 6) is 1.24. The predicted octanol–water partition coefficient (Wildman–Crippen LogP) is 4.20. The van der Waals surface area contributed by atoms with Crippen molar-refractivity contribution in [3.05, 3.63) is 48.0 Å². The summed E-state index contributed by atoms with van der Waals surface area (Å²) >= 11 is 1.47. The van der Waals surface area contributed by atoms with Gasteiger partial charge in [-0.3, -0.25) is 9.69 Å². The molecule has 0 N–H and O–H groups in total. The van der Waals surface area contributed by atoms with E-state index < -0.39 is 0 Å². The van der Waals surface area contributed by atoms with Gasteiger partial charge in [-0.05, 0) is 49.6 Å². The van der Waals surface area contributed by atoms with Gasteiger partial charge in [0.15, 0.2) is 11.7 Å². The molecule has 0 saturated carbocycles. The number of fused-ring (bicyclic) bond motifs is 1. The van der Waals surface area contributed by atoms with E-state index in [1.807, 2.05) is 49.4 Å². The lowest BCUT2D eigenvalue weighted by molar-refractivity contribution is -0.120. The number of nitrogens with zero attached hydrogens (tertiary/aromatic N) is 2. The van der Waals surface area contributed by atoms with E-state index in [-0.39, 0.29) is 18.6 Å². The van der Waals surface area contributed by atoms with Crippen LogP contribution in [0.3, 0.4) is 0 Å². The molecule has 2 heterocycles. The molecule has 1 aliphatic heterocycles. The summed E-state index contributed by atoms with van der Waals surface area (Å²) in [6, 6.07) is 13.5. The molecule has 0 radical (unpaired) electrons. The van der Waals surface area contributed by atoms with Gasteiger partial charge < -0.3 is 14.2 Å². The van der Waals surface area contributed by atoms with Crippen molar-refractivity contribution < 1.29 is 19.0 Å². The van der Waals surface area contributed by atoms with E-state index in [1.54, 1.807) is 12.0 Å². The Morgan fingerprint density at radius 2 is 2.17 bits per heavy atom. The lowest BCUT2D eigenvalue weighted by Crippen LogP contribution is -2.40. The average molecular weight is 413 g/mol. The lowest BCUT2D eigenvalue weighted by atomic mass is 10.2. The molecule has 3 aromatic rings. The molecule has 2 aromatic carbocycles. The molecule has 1 unspecified atom stereocenters. The Balaban J connectivity index is 1.58. The summed E-state index contributed by atoms with van der Waals surface area (Å²) in [5.41, 5.74) is 1.85. The van der Waals surface area contributed by atoms with Crippen molar-refractivity contribution in [1.82, 2.24) is 4.98 Å². The number of amides is 1. The van der Waals surface area contributed by atoms with Crippen LogP contribution in [0, 0.1) is 6.92 Å². The number of rotatable bonds is 7. The fourth-order valence-electron chi connectivity index (χ4n) is 3.40. The van der Waals surface area contributed by atoms with Crippen molar-refractivity contribution in [3.8, 4) is 11.5 Å². The van der Waals surface area contributed by atoms with Gasteiger partial charge in [-0.2, -0.15) is 0 Å². The van der Waals surface area contributed by atoms with Gasteiger partial charge in [0.2, 0.25) is 0 Å². The average Bonchev–Trinajstić information content (AvgIpc) is 3.39. The second kappa shape index (κ2) is 8.80. The molecule has 1 aromatic heterocycles. The van der Waals surface area contributed by atoms with E-state index >= 15 is 0 Å². The topological polar surface area (TPSA) is 60.9 Å². The normalized spacial score (nSPS) is 16.1. The number of aryl methyl sites for hydroxylation is 1. The SMILES string of the molecule is COc1cccc2sc(N(CC3CCCO3)C(=O)COc3cccc(C)c3)nc12. The number of hydrogen-bond donors (Lipinski definition) is 0. The summed E-state index contributed by atoms with van der Waals surface area (Å²) in [5, 5.41) is 0.637. The standard InChI is InChI=1S/C22H24N2O4S/c1-15-6-3-7-16(12-15)28-14-20(25)24(13-17-8-5-11-27-17)22-23-21-18(26-2)9-4-10-19(21)29-22/h3-4,6-7,9-10,12,17H,5,8,11,13-14H2,1-2H3. The first kappa shape index (κ1) is 19.7. The Bertz CT molecular complexity index is 997. The molecule has 1 atom stereocenters. The van der Waals surface area contributed by atoms with Gasteiger partial charge in [0, 0.05) is 6.61 Å². The second-order valence-electron chi connectivity index (χ2n) is 7.05. The van der Waals surface area contributed by atoms with Crippen molar-refractivity contribution in [1.29, 1.82) is 0 Å². The highest BCUT2D eigenvalue weighted by Gasteiger charge is 2.27. The van der Waals surface area contributed by atoms with Crippen molar-refractivity contribution in [3.63, 3.8) is 0 Å². The van der Waals surface area contributed by atoms with Crippen LogP contribution in [0.1, 0.15) is 18.4 Å². The van der Waals surface area contributed by atoms with Gasteiger partial charge >= 0.3 is 0 Å². The molecular formula is C22H24N2O4S. The molecular weight excluding hydrogens is 388 g/mol. The van der Waals surface area contributed by atoms with Crippen LogP contribution >= 0.6 is 11.3 Å². The zero-order chi connectivity index (χ0) is 20.2. The van der Waals surface area contributed by atoms with Gasteiger partial charge in [0.25, 0.3) is 5.91 Å². The molecule has 6 nitrogen and oxygen atoms in total. The number of ether oxygens (including phenoxy) is 3. The van der Waals surface area contributed by atoms with E-state index in [9.17, 15) is 4.79 Å². The minimum atomic E-state index is -0.139. The van der Waals surface area contributed by atoms with Crippen molar-refractivity contribution in [2.24, 2.45) is 0 Å². The van der Waals surface area contributed by atoms with Crippen LogP contribution in [0.5, 0.6) is 11.5 Å².